The number of carbonyl (C=O) groups is 1. The standard InChI is InChI=1S/C12H21F3N2O/c1-9(8-12(13,14)15)16-10(2)11(18)17-6-4-3-5-7-17/h9-10,16H,3-8H2,1-2H3. The highest BCUT2D eigenvalue weighted by molar-refractivity contribution is 5.81. The maximum absolute atomic E-state index is 12.2. The molecule has 0 bridgehead atoms. The normalized spacial score (nSPS) is 20.6. The topological polar surface area (TPSA) is 32.3 Å². The van der Waals surface area contributed by atoms with Crippen molar-refractivity contribution in [1.29, 1.82) is 0 Å². The van der Waals surface area contributed by atoms with Gasteiger partial charge in [0.25, 0.3) is 0 Å². The van der Waals surface area contributed by atoms with E-state index in [0.717, 1.165) is 32.4 Å². The van der Waals surface area contributed by atoms with Gasteiger partial charge in [0.2, 0.25) is 5.91 Å². The van der Waals surface area contributed by atoms with Crippen LogP contribution < -0.4 is 5.32 Å². The Kier molecular flexibility index (Phi) is 5.44. The zero-order valence-electron chi connectivity index (χ0n) is 10.9. The van der Waals surface area contributed by atoms with Gasteiger partial charge in [0, 0.05) is 19.1 Å². The fourth-order valence-electron chi connectivity index (χ4n) is 2.29. The average molecular weight is 266 g/mol. The summed E-state index contributed by atoms with van der Waals surface area (Å²) in [4.78, 5) is 13.7. The van der Waals surface area contributed by atoms with E-state index in [1.54, 1.807) is 11.8 Å². The van der Waals surface area contributed by atoms with Crippen LogP contribution in [0.4, 0.5) is 13.2 Å². The molecule has 1 rings (SSSR count). The molecule has 1 N–H and O–H groups in total. The molecule has 1 amide bonds. The van der Waals surface area contributed by atoms with E-state index in [1.165, 1.54) is 6.92 Å². The van der Waals surface area contributed by atoms with Gasteiger partial charge in [0.1, 0.15) is 0 Å². The van der Waals surface area contributed by atoms with Crippen molar-refractivity contribution in [2.24, 2.45) is 0 Å². The zero-order chi connectivity index (χ0) is 13.8. The van der Waals surface area contributed by atoms with Crippen molar-refractivity contribution in [2.75, 3.05) is 13.1 Å². The lowest BCUT2D eigenvalue weighted by molar-refractivity contribution is -0.142. The van der Waals surface area contributed by atoms with Crippen LogP contribution in [0, 0.1) is 0 Å². The minimum absolute atomic E-state index is 0.0938. The Morgan fingerprint density at radius 2 is 1.78 bits per heavy atom. The summed E-state index contributed by atoms with van der Waals surface area (Å²) in [5, 5.41) is 2.72. The summed E-state index contributed by atoms with van der Waals surface area (Å²) in [7, 11) is 0. The molecule has 6 heteroatoms. The Morgan fingerprint density at radius 1 is 1.22 bits per heavy atom. The molecule has 2 atom stereocenters. The Labute approximate surface area is 106 Å². The van der Waals surface area contributed by atoms with E-state index in [0.29, 0.717) is 0 Å². The Hall–Kier alpha value is -0.780. The van der Waals surface area contributed by atoms with E-state index < -0.39 is 24.7 Å². The molecule has 106 valence electrons. The van der Waals surface area contributed by atoms with E-state index in [9.17, 15) is 18.0 Å². The van der Waals surface area contributed by atoms with E-state index in [1.807, 2.05) is 0 Å². The number of piperidine rings is 1. The summed E-state index contributed by atoms with van der Waals surface area (Å²) in [6.45, 7) is 4.52. The molecule has 0 spiro atoms. The third-order valence-electron chi connectivity index (χ3n) is 3.11. The molecule has 3 nitrogen and oxygen atoms in total. The molecule has 1 aliphatic heterocycles. The molecule has 18 heavy (non-hydrogen) atoms. The minimum atomic E-state index is -4.19. The minimum Gasteiger partial charge on any atom is -0.341 e. The van der Waals surface area contributed by atoms with Crippen LogP contribution in [0.1, 0.15) is 39.5 Å². The van der Waals surface area contributed by atoms with Crippen molar-refractivity contribution in [3.63, 3.8) is 0 Å². The number of rotatable bonds is 4. The fraction of sp³-hybridized carbons (Fsp3) is 0.917. The Bertz CT molecular complexity index is 275. The van der Waals surface area contributed by atoms with Gasteiger partial charge in [-0.1, -0.05) is 0 Å². The number of hydrogen-bond acceptors (Lipinski definition) is 2. The maximum atomic E-state index is 12.2. The van der Waals surface area contributed by atoms with E-state index >= 15 is 0 Å². The van der Waals surface area contributed by atoms with Crippen LogP contribution in [0.2, 0.25) is 0 Å². The van der Waals surface area contributed by atoms with E-state index in [2.05, 4.69) is 5.32 Å². The third-order valence-corrected chi connectivity index (χ3v) is 3.11. The molecule has 1 saturated heterocycles. The lowest BCUT2D eigenvalue weighted by Gasteiger charge is -2.30. The van der Waals surface area contributed by atoms with Crippen molar-refractivity contribution in [3.05, 3.63) is 0 Å². The summed E-state index contributed by atoms with van der Waals surface area (Å²) in [5.41, 5.74) is 0. The summed E-state index contributed by atoms with van der Waals surface area (Å²) >= 11 is 0. The highest BCUT2D eigenvalue weighted by atomic mass is 19.4. The first-order chi connectivity index (χ1) is 8.29. The number of hydrogen-bond donors (Lipinski definition) is 1. The highest BCUT2D eigenvalue weighted by Crippen LogP contribution is 2.21. The van der Waals surface area contributed by atoms with Crippen LogP contribution in [0.15, 0.2) is 0 Å². The van der Waals surface area contributed by atoms with Crippen LogP contribution >= 0.6 is 0 Å². The Balaban J connectivity index is 2.39. The highest BCUT2D eigenvalue weighted by Gasteiger charge is 2.31. The molecule has 0 aromatic heterocycles. The number of nitrogens with zero attached hydrogens (tertiary/aromatic N) is 1. The van der Waals surface area contributed by atoms with Crippen LogP contribution in [0.3, 0.4) is 0 Å². The quantitative estimate of drug-likeness (QED) is 0.847. The number of likely N-dealkylation sites (tertiary alicyclic amines) is 1. The summed E-state index contributed by atoms with van der Waals surface area (Å²) in [6.07, 6.45) is -2.02. The number of alkyl halides is 3. The zero-order valence-corrected chi connectivity index (χ0v) is 10.9. The van der Waals surface area contributed by atoms with Crippen LogP contribution in [0.5, 0.6) is 0 Å². The van der Waals surface area contributed by atoms with Gasteiger partial charge in [0.05, 0.1) is 12.5 Å². The van der Waals surface area contributed by atoms with Crippen LogP contribution in [-0.2, 0) is 4.79 Å². The summed E-state index contributed by atoms with van der Waals surface area (Å²) < 4.78 is 36.5. The molecular weight excluding hydrogens is 245 g/mol. The maximum Gasteiger partial charge on any atom is 0.390 e. The molecule has 2 unspecified atom stereocenters. The first-order valence-electron chi connectivity index (χ1n) is 6.41. The summed E-state index contributed by atoms with van der Waals surface area (Å²) in [6, 6.07) is -1.30. The van der Waals surface area contributed by atoms with Crippen LogP contribution in [0.25, 0.3) is 0 Å². The van der Waals surface area contributed by atoms with Crippen molar-refractivity contribution < 1.29 is 18.0 Å². The molecule has 0 saturated carbocycles. The second kappa shape index (κ2) is 6.41. The van der Waals surface area contributed by atoms with Crippen molar-refractivity contribution in [1.82, 2.24) is 10.2 Å². The van der Waals surface area contributed by atoms with Crippen molar-refractivity contribution >= 4 is 5.91 Å². The second-order valence-electron chi connectivity index (χ2n) is 4.99. The number of carbonyl (C=O) groups excluding carboxylic acids is 1. The Morgan fingerprint density at radius 3 is 2.28 bits per heavy atom. The van der Waals surface area contributed by atoms with E-state index in [4.69, 9.17) is 0 Å². The summed E-state index contributed by atoms with van der Waals surface area (Å²) in [5.74, 6) is -0.0938. The SMILES string of the molecule is CC(CC(F)(F)F)NC(C)C(=O)N1CCCCC1. The van der Waals surface area contributed by atoms with Gasteiger partial charge in [-0.05, 0) is 33.1 Å². The van der Waals surface area contributed by atoms with Gasteiger partial charge in [-0.15, -0.1) is 0 Å². The second-order valence-corrected chi connectivity index (χ2v) is 4.99. The molecule has 0 aromatic rings. The van der Waals surface area contributed by atoms with Gasteiger partial charge < -0.3 is 10.2 Å². The van der Waals surface area contributed by atoms with Crippen molar-refractivity contribution in [2.45, 2.75) is 57.8 Å². The largest absolute Gasteiger partial charge is 0.390 e. The lowest BCUT2D eigenvalue weighted by atomic mass is 10.1. The lowest BCUT2D eigenvalue weighted by Crippen LogP contribution is -2.49. The smallest absolute Gasteiger partial charge is 0.341 e. The van der Waals surface area contributed by atoms with Gasteiger partial charge in [-0.2, -0.15) is 13.2 Å². The number of nitrogens with one attached hydrogen (secondary N) is 1. The van der Waals surface area contributed by atoms with Crippen molar-refractivity contribution in [3.8, 4) is 0 Å². The van der Waals surface area contributed by atoms with Gasteiger partial charge >= 0.3 is 6.18 Å². The molecule has 1 aliphatic rings. The molecule has 0 aliphatic carbocycles. The average Bonchev–Trinajstić information content (AvgIpc) is 2.26. The first-order valence-corrected chi connectivity index (χ1v) is 6.41. The van der Waals surface area contributed by atoms with Crippen LogP contribution in [-0.4, -0.2) is 42.2 Å². The van der Waals surface area contributed by atoms with Gasteiger partial charge in [-0.3, -0.25) is 4.79 Å². The molecule has 1 fully saturated rings. The molecule has 1 heterocycles. The number of halogens is 3. The predicted octanol–water partition coefficient (Wildman–Crippen LogP) is 2.32. The van der Waals surface area contributed by atoms with Gasteiger partial charge in [0.15, 0.2) is 0 Å². The monoisotopic (exact) mass is 266 g/mol. The first kappa shape index (κ1) is 15.3. The fourth-order valence-corrected chi connectivity index (χ4v) is 2.29. The molecule has 0 aromatic carbocycles. The third kappa shape index (κ3) is 5.25. The molecule has 0 radical (unpaired) electrons. The molecular formula is C12H21F3N2O. The number of amides is 1. The van der Waals surface area contributed by atoms with E-state index in [-0.39, 0.29) is 5.91 Å². The van der Waals surface area contributed by atoms with Gasteiger partial charge in [-0.25, -0.2) is 0 Å². The predicted molar refractivity (Wildman–Crippen MR) is 63.2 cm³/mol.